The Morgan fingerprint density at radius 2 is 2.10 bits per heavy atom. The summed E-state index contributed by atoms with van der Waals surface area (Å²) < 4.78 is 5.44. The van der Waals surface area contributed by atoms with Crippen LogP contribution in [0.15, 0.2) is 18.2 Å². The monoisotopic (exact) mass is 272 g/mol. The number of methoxy groups -OCH3 is 1. The smallest absolute Gasteiger partial charge is 0.123 e. The summed E-state index contributed by atoms with van der Waals surface area (Å²) in [4.78, 5) is 2.51. The quantitative estimate of drug-likeness (QED) is 0.845. The van der Waals surface area contributed by atoms with Crippen LogP contribution in [0.5, 0.6) is 5.75 Å². The maximum atomic E-state index is 9.06. The Kier molecular flexibility index (Phi) is 4.67. The molecule has 108 valence electrons. The van der Waals surface area contributed by atoms with Gasteiger partial charge in [0.25, 0.3) is 0 Å². The van der Waals surface area contributed by atoms with Crippen LogP contribution in [0.4, 0.5) is 0 Å². The van der Waals surface area contributed by atoms with Gasteiger partial charge in [-0.15, -0.1) is 0 Å². The third-order valence-electron chi connectivity index (χ3n) is 4.50. The van der Waals surface area contributed by atoms with E-state index in [4.69, 9.17) is 10.00 Å². The lowest BCUT2D eigenvalue weighted by Gasteiger charge is -2.41. The molecule has 1 heterocycles. The average molecular weight is 272 g/mol. The standard InChI is InChI=1S/C17H24N2O/c1-12-7-13(2)14(3)19(10-12)11-16-8-15(9-18)5-6-17(16)20-4/h5-6,8,12-14H,7,10-11H2,1-4H3. The summed E-state index contributed by atoms with van der Waals surface area (Å²) in [5.41, 5.74) is 1.81. The molecular weight excluding hydrogens is 248 g/mol. The van der Waals surface area contributed by atoms with Crippen LogP contribution in [-0.4, -0.2) is 24.6 Å². The third-order valence-corrected chi connectivity index (χ3v) is 4.50. The van der Waals surface area contributed by atoms with E-state index in [1.165, 1.54) is 6.42 Å². The van der Waals surface area contributed by atoms with Gasteiger partial charge < -0.3 is 4.74 Å². The van der Waals surface area contributed by atoms with Gasteiger partial charge in [0.15, 0.2) is 0 Å². The predicted molar refractivity (Wildman–Crippen MR) is 80.5 cm³/mol. The summed E-state index contributed by atoms with van der Waals surface area (Å²) in [6.45, 7) is 8.92. The average Bonchev–Trinajstić information content (AvgIpc) is 2.44. The van der Waals surface area contributed by atoms with Gasteiger partial charge in [-0.25, -0.2) is 0 Å². The highest BCUT2D eigenvalue weighted by atomic mass is 16.5. The van der Waals surface area contributed by atoms with Crippen molar-refractivity contribution in [3.05, 3.63) is 29.3 Å². The SMILES string of the molecule is COc1ccc(C#N)cc1CN1CC(C)CC(C)C1C. The maximum Gasteiger partial charge on any atom is 0.123 e. The summed E-state index contributed by atoms with van der Waals surface area (Å²) in [5, 5.41) is 9.06. The fourth-order valence-electron chi connectivity index (χ4n) is 3.23. The summed E-state index contributed by atoms with van der Waals surface area (Å²) in [6, 6.07) is 8.45. The summed E-state index contributed by atoms with van der Waals surface area (Å²) >= 11 is 0. The van der Waals surface area contributed by atoms with Crippen LogP contribution >= 0.6 is 0 Å². The second kappa shape index (κ2) is 6.28. The van der Waals surface area contributed by atoms with Crippen molar-refractivity contribution in [1.29, 1.82) is 5.26 Å². The van der Waals surface area contributed by atoms with Crippen molar-refractivity contribution in [2.75, 3.05) is 13.7 Å². The van der Waals surface area contributed by atoms with Crippen LogP contribution in [0.1, 0.15) is 38.3 Å². The Morgan fingerprint density at radius 3 is 2.75 bits per heavy atom. The second-order valence-electron chi connectivity index (χ2n) is 6.13. The molecule has 1 saturated heterocycles. The molecule has 0 spiro atoms. The zero-order valence-electron chi connectivity index (χ0n) is 12.9. The summed E-state index contributed by atoms with van der Waals surface area (Å²) in [5.74, 6) is 2.32. The molecule has 0 radical (unpaired) electrons. The zero-order chi connectivity index (χ0) is 14.7. The Hall–Kier alpha value is -1.53. The number of hydrogen-bond donors (Lipinski definition) is 0. The first-order valence-electron chi connectivity index (χ1n) is 7.36. The van der Waals surface area contributed by atoms with E-state index >= 15 is 0 Å². The molecule has 0 N–H and O–H groups in total. The molecule has 0 amide bonds. The number of piperidine rings is 1. The second-order valence-corrected chi connectivity index (χ2v) is 6.13. The molecule has 20 heavy (non-hydrogen) atoms. The van der Waals surface area contributed by atoms with Gasteiger partial charge in [0.2, 0.25) is 0 Å². The molecule has 0 aromatic heterocycles. The first-order valence-corrected chi connectivity index (χ1v) is 7.36. The number of nitrogens with zero attached hydrogens (tertiary/aromatic N) is 2. The van der Waals surface area contributed by atoms with Gasteiger partial charge in [-0.05, 0) is 43.4 Å². The highest BCUT2D eigenvalue weighted by Gasteiger charge is 2.29. The number of ether oxygens (including phenoxy) is 1. The lowest BCUT2D eigenvalue weighted by Crippen LogP contribution is -2.45. The Balaban J connectivity index is 2.22. The molecular formula is C17H24N2O. The highest BCUT2D eigenvalue weighted by Crippen LogP contribution is 2.30. The van der Waals surface area contributed by atoms with Crippen LogP contribution in [0.25, 0.3) is 0 Å². The van der Waals surface area contributed by atoms with Crippen LogP contribution in [-0.2, 0) is 6.54 Å². The Bertz CT molecular complexity index is 506. The minimum Gasteiger partial charge on any atom is -0.496 e. The molecule has 3 nitrogen and oxygen atoms in total. The Labute approximate surface area is 122 Å². The van der Waals surface area contributed by atoms with E-state index in [1.807, 2.05) is 18.2 Å². The lowest BCUT2D eigenvalue weighted by atomic mass is 9.85. The third kappa shape index (κ3) is 3.13. The van der Waals surface area contributed by atoms with E-state index in [-0.39, 0.29) is 0 Å². The highest BCUT2D eigenvalue weighted by molar-refractivity contribution is 5.42. The van der Waals surface area contributed by atoms with Gasteiger partial charge in [0.1, 0.15) is 5.75 Å². The molecule has 3 atom stereocenters. The molecule has 1 aromatic rings. The van der Waals surface area contributed by atoms with E-state index in [2.05, 4.69) is 31.7 Å². The van der Waals surface area contributed by atoms with Crippen molar-refractivity contribution in [2.45, 2.75) is 39.8 Å². The van der Waals surface area contributed by atoms with Crippen molar-refractivity contribution in [3.63, 3.8) is 0 Å². The lowest BCUT2D eigenvalue weighted by molar-refractivity contribution is 0.0722. The summed E-state index contributed by atoms with van der Waals surface area (Å²) in [7, 11) is 1.69. The molecule has 3 heteroatoms. The molecule has 1 aromatic carbocycles. The largest absolute Gasteiger partial charge is 0.496 e. The number of rotatable bonds is 3. The van der Waals surface area contributed by atoms with Crippen molar-refractivity contribution < 1.29 is 4.74 Å². The van der Waals surface area contributed by atoms with Crippen molar-refractivity contribution in [3.8, 4) is 11.8 Å². The Morgan fingerprint density at radius 1 is 1.35 bits per heavy atom. The predicted octanol–water partition coefficient (Wildman–Crippen LogP) is 3.43. The van der Waals surface area contributed by atoms with E-state index in [0.717, 1.165) is 30.3 Å². The van der Waals surface area contributed by atoms with Gasteiger partial charge in [-0.3, -0.25) is 4.90 Å². The van der Waals surface area contributed by atoms with Crippen molar-refractivity contribution in [2.24, 2.45) is 11.8 Å². The van der Waals surface area contributed by atoms with E-state index in [1.54, 1.807) is 7.11 Å². The van der Waals surface area contributed by atoms with E-state index < -0.39 is 0 Å². The molecule has 2 rings (SSSR count). The number of benzene rings is 1. The number of likely N-dealkylation sites (tertiary alicyclic amines) is 1. The molecule has 1 aliphatic rings. The first kappa shape index (κ1) is 14.9. The van der Waals surface area contributed by atoms with Crippen molar-refractivity contribution in [1.82, 2.24) is 4.90 Å². The fourth-order valence-corrected chi connectivity index (χ4v) is 3.23. The normalized spacial score (nSPS) is 27.1. The zero-order valence-corrected chi connectivity index (χ0v) is 12.9. The minimum absolute atomic E-state index is 0.571. The van der Waals surface area contributed by atoms with Crippen LogP contribution in [0.2, 0.25) is 0 Å². The molecule has 0 saturated carbocycles. The number of hydrogen-bond acceptors (Lipinski definition) is 3. The number of nitriles is 1. The van der Waals surface area contributed by atoms with Gasteiger partial charge in [-0.2, -0.15) is 5.26 Å². The maximum absolute atomic E-state index is 9.06. The molecule has 0 bridgehead atoms. The van der Waals surface area contributed by atoms with E-state index in [0.29, 0.717) is 17.5 Å². The molecule has 1 aliphatic heterocycles. The fraction of sp³-hybridized carbons (Fsp3) is 0.588. The van der Waals surface area contributed by atoms with Crippen LogP contribution in [0.3, 0.4) is 0 Å². The van der Waals surface area contributed by atoms with Gasteiger partial charge in [-0.1, -0.05) is 13.8 Å². The van der Waals surface area contributed by atoms with Crippen molar-refractivity contribution >= 4 is 0 Å². The first-order chi connectivity index (χ1) is 9.55. The van der Waals surface area contributed by atoms with Gasteiger partial charge in [0.05, 0.1) is 18.7 Å². The van der Waals surface area contributed by atoms with E-state index in [9.17, 15) is 0 Å². The topological polar surface area (TPSA) is 36.3 Å². The minimum atomic E-state index is 0.571. The van der Waals surface area contributed by atoms with Crippen LogP contribution < -0.4 is 4.74 Å². The molecule has 1 fully saturated rings. The van der Waals surface area contributed by atoms with Crippen LogP contribution in [0, 0.1) is 23.2 Å². The van der Waals surface area contributed by atoms with Gasteiger partial charge >= 0.3 is 0 Å². The molecule has 3 unspecified atom stereocenters. The van der Waals surface area contributed by atoms with Gasteiger partial charge in [0, 0.05) is 24.7 Å². The summed E-state index contributed by atoms with van der Waals surface area (Å²) in [6.07, 6.45) is 1.30. The molecule has 0 aliphatic carbocycles.